The predicted octanol–water partition coefficient (Wildman–Crippen LogP) is 3.39. The van der Waals surface area contributed by atoms with Gasteiger partial charge < -0.3 is 5.11 Å². The van der Waals surface area contributed by atoms with E-state index >= 15 is 0 Å². The molecule has 1 aliphatic carbocycles. The minimum Gasteiger partial charge on any atom is -0.382 e. The van der Waals surface area contributed by atoms with E-state index < -0.39 is 5.60 Å². The SMILES string of the molecule is OC1(c2ccc(Cl)s2)CCCCCC1n1cncn1. The fraction of sp³-hybridized carbons (Fsp3) is 0.538. The Labute approximate surface area is 121 Å². The van der Waals surface area contributed by atoms with Crippen LogP contribution in [0.5, 0.6) is 0 Å². The lowest BCUT2D eigenvalue weighted by Gasteiger charge is -2.34. The summed E-state index contributed by atoms with van der Waals surface area (Å²) in [6.45, 7) is 0. The van der Waals surface area contributed by atoms with Crippen LogP contribution in [0.1, 0.15) is 43.0 Å². The van der Waals surface area contributed by atoms with Gasteiger partial charge in [0.2, 0.25) is 0 Å². The van der Waals surface area contributed by atoms with Gasteiger partial charge in [0.1, 0.15) is 18.3 Å². The first-order valence-corrected chi connectivity index (χ1v) is 7.72. The normalized spacial score (nSPS) is 28.2. The molecule has 2 aromatic rings. The maximum absolute atomic E-state index is 11.2. The molecule has 2 aromatic heterocycles. The Balaban J connectivity index is 2.02. The molecular weight excluding hydrogens is 282 g/mol. The monoisotopic (exact) mass is 297 g/mol. The molecule has 2 unspecified atom stereocenters. The third kappa shape index (κ3) is 2.42. The number of rotatable bonds is 2. The van der Waals surface area contributed by atoms with Gasteiger partial charge in [-0.25, -0.2) is 9.67 Å². The molecule has 102 valence electrons. The highest BCUT2D eigenvalue weighted by Gasteiger charge is 2.42. The first-order valence-electron chi connectivity index (χ1n) is 6.52. The van der Waals surface area contributed by atoms with Crippen LogP contribution in [-0.4, -0.2) is 19.9 Å². The quantitative estimate of drug-likeness (QED) is 0.865. The molecule has 1 N–H and O–H groups in total. The topological polar surface area (TPSA) is 50.9 Å². The van der Waals surface area contributed by atoms with Crippen molar-refractivity contribution in [3.05, 3.63) is 34.0 Å². The number of halogens is 1. The van der Waals surface area contributed by atoms with Crippen LogP contribution >= 0.6 is 22.9 Å². The van der Waals surface area contributed by atoms with E-state index in [4.69, 9.17) is 11.6 Å². The van der Waals surface area contributed by atoms with Crippen LogP contribution in [0.15, 0.2) is 24.8 Å². The highest BCUT2D eigenvalue weighted by molar-refractivity contribution is 7.16. The molecule has 1 fully saturated rings. The first-order chi connectivity index (χ1) is 9.20. The first kappa shape index (κ1) is 13.1. The molecule has 3 rings (SSSR count). The predicted molar refractivity (Wildman–Crippen MR) is 75.4 cm³/mol. The van der Waals surface area contributed by atoms with Gasteiger partial charge >= 0.3 is 0 Å². The van der Waals surface area contributed by atoms with Crippen molar-refractivity contribution in [2.45, 2.75) is 43.7 Å². The number of aromatic nitrogens is 3. The molecule has 4 nitrogen and oxygen atoms in total. The van der Waals surface area contributed by atoms with Crippen molar-refractivity contribution in [2.24, 2.45) is 0 Å². The van der Waals surface area contributed by atoms with E-state index in [-0.39, 0.29) is 6.04 Å². The summed E-state index contributed by atoms with van der Waals surface area (Å²) in [4.78, 5) is 4.94. The van der Waals surface area contributed by atoms with E-state index in [1.54, 1.807) is 11.0 Å². The summed E-state index contributed by atoms with van der Waals surface area (Å²) in [6, 6.07) is 3.72. The fourth-order valence-electron chi connectivity index (χ4n) is 2.88. The second-order valence-electron chi connectivity index (χ2n) is 5.02. The molecule has 1 aliphatic rings. The van der Waals surface area contributed by atoms with Crippen LogP contribution < -0.4 is 0 Å². The Hall–Kier alpha value is -0.910. The number of aliphatic hydroxyl groups is 1. The zero-order valence-corrected chi connectivity index (χ0v) is 12.1. The summed E-state index contributed by atoms with van der Waals surface area (Å²) in [7, 11) is 0. The van der Waals surface area contributed by atoms with Crippen molar-refractivity contribution in [3.63, 3.8) is 0 Å². The molecule has 6 heteroatoms. The lowest BCUT2D eigenvalue weighted by Crippen LogP contribution is -2.35. The molecule has 1 saturated carbocycles. The van der Waals surface area contributed by atoms with Gasteiger partial charge in [-0.3, -0.25) is 0 Å². The van der Waals surface area contributed by atoms with Crippen LogP contribution in [0.4, 0.5) is 0 Å². The van der Waals surface area contributed by atoms with Crippen molar-refractivity contribution in [1.82, 2.24) is 14.8 Å². The van der Waals surface area contributed by atoms with Crippen LogP contribution in [0.25, 0.3) is 0 Å². The van der Waals surface area contributed by atoms with E-state index in [1.165, 1.54) is 17.7 Å². The minimum absolute atomic E-state index is 0.0628. The minimum atomic E-state index is -0.887. The van der Waals surface area contributed by atoms with Crippen molar-refractivity contribution in [3.8, 4) is 0 Å². The van der Waals surface area contributed by atoms with Gasteiger partial charge in [0, 0.05) is 4.88 Å². The average molecular weight is 298 g/mol. The van der Waals surface area contributed by atoms with E-state index in [0.29, 0.717) is 4.34 Å². The molecule has 0 spiro atoms. The standard InChI is InChI=1S/C13H16ClN3OS/c14-12-6-5-11(19-12)13(18)7-3-1-2-4-10(13)17-9-15-8-16-17/h5-6,8-10,18H,1-4,7H2. The van der Waals surface area contributed by atoms with Crippen LogP contribution in [-0.2, 0) is 5.60 Å². The molecular formula is C13H16ClN3OS. The molecule has 0 saturated heterocycles. The van der Waals surface area contributed by atoms with Crippen molar-refractivity contribution in [2.75, 3.05) is 0 Å². The summed E-state index contributed by atoms with van der Waals surface area (Å²) in [5.74, 6) is 0. The van der Waals surface area contributed by atoms with Crippen LogP contribution in [0.2, 0.25) is 4.34 Å². The molecule has 0 amide bonds. The Bertz CT molecular complexity index is 542. The van der Waals surface area contributed by atoms with Gasteiger partial charge in [0.15, 0.2) is 0 Å². The summed E-state index contributed by atoms with van der Waals surface area (Å²) >= 11 is 7.48. The van der Waals surface area contributed by atoms with Gasteiger partial charge in [-0.05, 0) is 25.0 Å². The van der Waals surface area contributed by atoms with E-state index in [2.05, 4.69) is 10.1 Å². The molecule has 0 aliphatic heterocycles. The number of hydrogen-bond acceptors (Lipinski definition) is 4. The Kier molecular flexibility index (Phi) is 3.60. The van der Waals surface area contributed by atoms with Crippen molar-refractivity contribution < 1.29 is 5.11 Å². The smallest absolute Gasteiger partial charge is 0.137 e. The van der Waals surface area contributed by atoms with Gasteiger partial charge in [0.05, 0.1) is 10.4 Å². The molecule has 19 heavy (non-hydrogen) atoms. The third-order valence-electron chi connectivity index (χ3n) is 3.84. The summed E-state index contributed by atoms with van der Waals surface area (Å²) in [6.07, 6.45) is 8.14. The van der Waals surface area contributed by atoms with Crippen molar-refractivity contribution in [1.29, 1.82) is 0 Å². The second-order valence-corrected chi connectivity index (χ2v) is 6.73. The van der Waals surface area contributed by atoms with E-state index in [0.717, 1.165) is 37.0 Å². The molecule has 0 bridgehead atoms. The molecule has 0 radical (unpaired) electrons. The molecule has 0 aromatic carbocycles. The maximum atomic E-state index is 11.2. The maximum Gasteiger partial charge on any atom is 0.137 e. The summed E-state index contributed by atoms with van der Waals surface area (Å²) < 4.78 is 2.50. The highest BCUT2D eigenvalue weighted by Crippen LogP contribution is 2.45. The highest BCUT2D eigenvalue weighted by atomic mass is 35.5. The molecule has 2 atom stereocenters. The Morgan fingerprint density at radius 2 is 2.26 bits per heavy atom. The molecule has 2 heterocycles. The van der Waals surface area contributed by atoms with Crippen molar-refractivity contribution >= 4 is 22.9 Å². The zero-order chi connectivity index (χ0) is 13.3. The lowest BCUT2D eigenvalue weighted by molar-refractivity contribution is -0.0253. The fourth-order valence-corrected chi connectivity index (χ4v) is 4.09. The van der Waals surface area contributed by atoms with Gasteiger partial charge in [-0.15, -0.1) is 11.3 Å². The van der Waals surface area contributed by atoms with Crippen LogP contribution in [0, 0.1) is 0 Å². The van der Waals surface area contributed by atoms with E-state index in [9.17, 15) is 5.11 Å². The van der Waals surface area contributed by atoms with Gasteiger partial charge in [0.25, 0.3) is 0 Å². The Morgan fingerprint density at radius 1 is 1.37 bits per heavy atom. The van der Waals surface area contributed by atoms with E-state index in [1.807, 2.05) is 12.1 Å². The summed E-state index contributed by atoms with van der Waals surface area (Å²) in [5.41, 5.74) is -0.887. The van der Waals surface area contributed by atoms with Crippen LogP contribution in [0.3, 0.4) is 0 Å². The summed E-state index contributed by atoms with van der Waals surface area (Å²) in [5, 5.41) is 15.5. The number of nitrogens with zero attached hydrogens (tertiary/aromatic N) is 3. The zero-order valence-electron chi connectivity index (χ0n) is 10.5. The van der Waals surface area contributed by atoms with Gasteiger partial charge in [-0.2, -0.15) is 5.10 Å². The number of hydrogen-bond donors (Lipinski definition) is 1. The second kappa shape index (κ2) is 5.23. The Morgan fingerprint density at radius 3 is 2.95 bits per heavy atom. The lowest BCUT2D eigenvalue weighted by atomic mass is 9.88. The third-order valence-corrected chi connectivity index (χ3v) is 5.24. The average Bonchev–Trinajstić information content (AvgIpc) is 3.01. The number of thiophene rings is 1. The largest absolute Gasteiger partial charge is 0.382 e. The van der Waals surface area contributed by atoms with Gasteiger partial charge in [-0.1, -0.05) is 30.9 Å².